The number of fused-ring (bicyclic) bond motifs is 1. The number of nitrogens with zero attached hydrogens (tertiary/aromatic N) is 4. The SMILES string of the molecule is C=CCn1c(SCC(=O)N2CCN(c3ccccc3)CC2)nc2sc(CC)cc2c1=O. The van der Waals surface area contributed by atoms with Crippen molar-refractivity contribution >= 4 is 44.9 Å². The number of carbonyl (C=O) groups excluding carboxylic acids is 1. The minimum absolute atomic E-state index is 0.0627. The molecular formula is C23H26N4O2S2. The smallest absolute Gasteiger partial charge is 0.263 e. The Morgan fingerprint density at radius 2 is 1.97 bits per heavy atom. The Labute approximate surface area is 190 Å². The number of anilines is 1. The van der Waals surface area contributed by atoms with E-state index in [0.29, 0.717) is 30.2 Å². The molecule has 0 bridgehead atoms. The molecule has 162 valence electrons. The first-order valence-electron chi connectivity index (χ1n) is 10.5. The van der Waals surface area contributed by atoms with E-state index in [4.69, 9.17) is 4.98 Å². The van der Waals surface area contributed by atoms with Gasteiger partial charge in [-0.15, -0.1) is 17.9 Å². The van der Waals surface area contributed by atoms with E-state index in [1.165, 1.54) is 17.4 Å². The van der Waals surface area contributed by atoms with Crippen LogP contribution < -0.4 is 10.5 Å². The highest BCUT2D eigenvalue weighted by molar-refractivity contribution is 7.99. The zero-order valence-electron chi connectivity index (χ0n) is 17.6. The van der Waals surface area contributed by atoms with E-state index >= 15 is 0 Å². The fourth-order valence-corrected chi connectivity index (χ4v) is 5.61. The fraction of sp³-hybridized carbons (Fsp3) is 0.348. The van der Waals surface area contributed by atoms with Gasteiger partial charge in [0.05, 0.1) is 11.1 Å². The first kappa shape index (κ1) is 21.6. The van der Waals surface area contributed by atoms with Crippen molar-refractivity contribution in [3.8, 4) is 0 Å². The molecule has 0 unspecified atom stereocenters. The first-order valence-corrected chi connectivity index (χ1v) is 12.3. The highest BCUT2D eigenvalue weighted by Crippen LogP contribution is 2.25. The lowest BCUT2D eigenvalue weighted by Crippen LogP contribution is -2.49. The Morgan fingerprint density at radius 1 is 1.23 bits per heavy atom. The molecule has 3 aromatic rings. The van der Waals surface area contributed by atoms with Crippen LogP contribution in [0.1, 0.15) is 11.8 Å². The number of carbonyl (C=O) groups is 1. The summed E-state index contributed by atoms with van der Waals surface area (Å²) in [5.41, 5.74) is 1.13. The van der Waals surface area contributed by atoms with Gasteiger partial charge in [-0.3, -0.25) is 14.2 Å². The number of allylic oxidation sites excluding steroid dienone is 1. The van der Waals surface area contributed by atoms with Gasteiger partial charge in [0.25, 0.3) is 5.56 Å². The molecule has 1 saturated heterocycles. The average molecular weight is 455 g/mol. The van der Waals surface area contributed by atoms with Gasteiger partial charge in [-0.25, -0.2) is 4.98 Å². The van der Waals surface area contributed by atoms with Crippen LogP contribution in [0, 0.1) is 0 Å². The van der Waals surface area contributed by atoms with Crippen molar-refractivity contribution in [1.82, 2.24) is 14.5 Å². The second kappa shape index (κ2) is 9.70. The number of amides is 1. The van der Waals surface area contributed by atoms with Crippen LogP contribution in [-0.4, -0.2) is 52.3 Å². The predicted molar refractivity (Wildman–Crippen MR) is 129 cm³/mol. The van der Waals surface area contributed by atoms with Gasteiger partial charge < -0.3 is 9.80 Å². The van der Waals surface area contributed by atoms with Gasteiger partial charge in [0.15, 0.2) is 5.16 Å². The zero-order valence-corrected chi connectivity index (χ0v) is 19.3. The van der Waals surface area contributed by atoms with E-state index < -0.39 is 0 Å². The lowest BCUT2D eigenvalue weighted by atomic mass is 10.2. The molecule has 6 nitrogen and oxygen atoms in total. The number of para-hydroxylation sites is 1. The molecule has 0 spiro atoms. The zero-order chi connectivity index (χ0) is 21.8. The Bertz CT molecular complexity index is 1130. The lowest BCUT2D eigenvalue weighted by molar-refractivity contribution is -0.128. The number of aryl methyl sites for hydroxylation is 1. The third-order valence-corrected chi connectivity index (χ3v) is 7.54. The highest BCUT2D eigenvalue weighted by atomic mass is 32.2. The van der Waals surface area contributed by atoms with Crippen molar-refractivity contribution in [2.45, 2.75) is 25.0 Å². The van der Waals surface area contributed by atoms with Crippen LogP contribution in [0.4, 0.5) is 5.69 Å². The van der Waals surface area contributed by atoms with Gasteiger partial charge in [0.2, 0.25) is 5.91 Å². The van der Waals surface area contributed by atoms with Crippen molar-refractivity contribution in [1.29, 1.82) is 0 Å². The molecular weight excluding hydrogens is 428 g/mol. The molecule has 1 aromatic carbocycles. The van der Waals surface area contributed by atoms with Crippen LogP contribution >= 0.6 is 23.1 Å². The number of thiophene rings is 1. The van der Waals surface area contributed by atoms with E-state index in [2.05, 4.69) is 30.5 Å². The fourth-order valence-electron chi connectivity index (χ4n) is 3.69. The van der Waals surface area contributed by atoms with E-state index in [9.17, 15) is 9.59 Å². The van der Waals surface area contributed by atoms with E-state index in [-0.39, 0.29) is 17.2 Å². The number of thioether (sulfide) groups is 1. The molecule has 0 aliphatic carbocycles. The molecule has 4 rings (SSSR count). The quantitative estimate of drug-likeness (QED) is 0.310. The second-order valence-corrected chi connectivity index (χ2v) is 9.43. The molecule has 2 aromatic heterocycles. The van der Waals surface area contributed by atoms with Crippen molar-refractivity contribution in [2.24, 2.45) is 0 Å². The summed E-state index contributed by atoms with van der Waals surface area (Å²) < 4.78 is 1.62. The topological polar surface area (TPSA) is 58.4 Å². The van der Waals surface area contributed by atoms with Gasteiger partial charge in [-0.1, -0.05) is 43.0 Å². The number of hydrogen-bond acceptors (Lipinski definition) is 6. The molecule has 1 aliphatic rings. The summed E-state index contributed by atoms with van der Waals surface area (Å²) >= 11 is 2.89. The third kappa shape index (κ3) is 4.70. The van der Waals surface area contributed by atoms with Gasteiger partial charge in [-0.05, 0) is 24.6 Å². The molecule has 31 heavy (non-hydrogen) atoms. The Kier molecular flexibility index (Phi) is 6.77. The maximum Gasteiger partial charge on any atom is 0.263 e. The normalized spacial score (nSPS) is 14.2. The van der Waals surface area contributed by atoms with Gasteiger partial charge in [0.1, 0.15) is 4.83 Å². The molecule has 1 amide bonds. The Hall–Kier alpha value is -2.58. The van der Waals surface area contributed by atoms with Crippen LogP contribution in [0.25, 0.3) is 10.2 Å². The number of hydrogen-bond donors (Lipinski definition) is 0. The maximum absolute atomic E-state index is 13.0. The van der Waals surface area contributed by atoms with Crippen molar-refractivity contribution in [3.05, 3.63) is 64.3 Å². The Morgan fingerprint density at radius 3 is 2.65 bits per heavy atom. The van der Waals surface area contributed by atoms with Crippen LogP contribution in [0.15, 0.2) is 59.0 Å². The maximum atomic E-state index is 13.0. The number of benzene rings is 1. The number of piperazine rings is 1. The van der Waals surface area contributed by atoms with Crippen molar-refractivity contribution in [2.75, 3.05) is 36.8 Å². The summed E-state index contributed by atoms with van der Waals surface area (Å²) in [6.07, 6.45) is 2.56. The molecule has 0 N–H and O–H groups in total. The monoisotopic (exact) mass is 454 g/mol. The summed E-state index contributed by atoms with van der Waals surface area (Å²) in [6, 6.07) is 12.2. The molecule has 8 heteroatoms. The summed E-state index contributed by atoms with van der Waals surface area (Å²) in [7, 11) is 0. The second-order valence-electron chi connectivity index (χ2n) is 7.38. The van der Waals surface area contributed by atoms with Gasteiger partial charge in [0, 0.05) is 43.3 Å². The standard InChI is InChI=1S/C23H26N4O2S2/c1-3-10-27-22(29)19-15-18(4-2)31-21(19)24-23(27)30-16-20(28)26-13-11-25(12-14-26)17-8-6-5-7-9-17/h3,5-9,15H,1,4,10-14,16H2,2H3. The van der Waals surface area contributed by atoms with E-state index in [1.807, 2.05) is 29.2 Å². The first-order chi connectivity index (χ1) is 15.1. The van der Waals surface area contributed by atoms with Gasteiger partial charge in [-0.2, -0.15) is 0 Å². The minimum atomic E-state index is -0.0627. The summed E-state index contributed by atoms with van der Waals surface area (Å²) in [4.78, 5) is 36.6. The molecule has 3 heterocycles. The van der Waals surface area contributed by atoms with Crippen LogP contribution in [0.5, 0.6) is 0 Å². The van der Waals surface area contributed by atoms with Crippen LogP contribution in [-0.2, 0) is 17.8 Å². The van der Waals surface area contributed by atoms with E-state index in [1.54, 1.807) is 22.0 Å². The lowest BCUT2D eigenvalue weighted by Gasteiger charge is -2.36. The average Bonchev–Trinajstić information content (AvgIpc) is 3.24. The molecule has 1 aliphatic heterocycles. The number of rotatable bonds is 7. The summed E-state index contributed by atoms with van der Waals surface area (Å²) in [5.74, 6) is 0.351. The third-order valence-electron chi connectivity index (χ3n) is 5.41. The highest BCUT2D eigenvalue weighted by Gasteiger charge is 2.22. The largest absolute Gasteiger partial charge is 0.368 e. The van der Waals surface area contributed by atoms with E-state index in [0.717, 1.165) is 29.2 Å². The van der Waals surface area contributed by atoms with Crippen molar-refractivity contribution < 1.29 is 4.79 Å². The molecule has 0 saturated carbocycles. The molecule has 1 fully saturated rings. The van der Waals surface area contributed by atoms with Crippen LogP contribution in [0.3, 0.4) is 0 Å². The summed E-state index contributed by atoms with van der Waals surface area (Å²) in [6.45, 7) is 9.25. The van der Waals surface area contributed by atoms with Gasteiger partial charge >= 0.3 is 0 Å². The van der Waals surface area contributed by atoms with Crippen LogP contribution in [0.2, 0.25) is 0 Å². The molecule has 0 atom stereocenters. The minimum Gasteiger partial charge on any atom is -0.368 e. The molecule has 0 radical (unpaired) electrons. The van der Waals surface area contributed by atoms with Crippen molar-refractivity contribution in [3.63, 3.8) is 0 Å². The predicted octanol–water partition coefficient (Wildman–Crippen LogP) is 3.65. The number of aromatic nitrogens is 2. The Balaban J connectivity index is 1.44. The summed E-state index contributed by atoms with van der Waals surface area (Å²) in [5, 5.41) is 1.23.